The number of thioether (sulfide) groups is 2. The molecule has 3 heteroatoms. The smallest absolute Gasteiger partial charge is 0.0294 e. The molecule has 3 unspecified atom stereocenters. The standard InChI is InChI=1S/C11H23NS2/c1-4-5-9(2)11(12-3)10-8-13-6-7-14-10/h9-12H,4-8H2,1-3H3. The van der Waals surface area contributed by atoms with E-state index in [9.17, 15) is 0 Å². The van der Waals surface area contributed by atoms with Crippen LogP contribution in [0, 0.1) is 5.92 Å². The molecule has 1 heterocycles. The zero-order valence-electron chi connectivity index (χ0n) is 9.58. The molecule has 0 spiro atoms. The van der Waals surface area contributed by atoms with Crippen LogP contribution in [0.15, 0.2) is 0 Å². The van der Waals surface area contributed by atoms with Crippen LogP contribution in [0.3, 0.4) is 0 Å². The van der Waals surface area contributed by atoms with E-state index in [1.807, 2.05) is 0 Å². The largest absolute Gasteiger partial charge is 0.316 e. The lowest BCUT2D eigenvalue weighted by Gasteiger charge is -2.33. The SMILES string of the molecule is CCCC(C)C(NC)C1CSCCS1. The molecule has 0 bridgehead atoms. The van der Waals surface area contributed by atoms with Crippen LogP contribution in [0.2, 0.25) is 0 Å². The average Bonchev–Trinajstić information content (AvgIpc) is 2.21. The Bertz CT molecular complexity index is 146. The second kappa shape index (κ2) is 7.02. The highest BCUT2D eigenvalue weighted by Crippen LogP contribution is 2.30. The van der Waals surface area contributed by atoms with E-state index in [0.717, 1.165) is 11.2 Å². The Labute approximate surface area is 97.2 Å². The zero-order valence-corrected chi connectivity index (χ0v) is 11.2. The highest BCUT2D eigenvalue weighted by Gasteiger charge is 2.27. The molecule has 0 amide bonds. The van der Waals surface area contributed by atoms with Gasteiger partial charge >= 0.3 is 0 Å². The Hall–Kier alpha value is 0.660. The van der Waals surface area contributed by atoms with Crippen molar-refractivity contribution in [1.29, 1.82) is 0 Å². The summed E-state index contributed by atoms with van der Waals surface area (Å²) in [5.41, 5.74) is 0. The van der Waals surface area contributed by atoms with Gasteiger partial charge in [-0.15, -0.1) is 0 Å². The van der Waals surface area contributed by atoms with E-state index in [-0.39, 0.29) is 0 Å². The van der Waals surface area contributed by atoms with Crippen molar-refractivity contribution in [2.45, 2.75) is 38.0 Å². The molecule has 0 saturated carbocycles. The Morgan fingerprint density at radius 1 is 1.43 bits per heavy atom. The molecule has 14 heavy (non-hydrogen) atoms. The van der Waals surface area contributed by atoms with E-state index < -0.39 is 0 Å². The minimum Gasteiger partial charge on any atom is -0.316 e. The van der Waals surface area contributed by atoms with E-state index in [1.54, 1.807) is 0 Å². The maximum atomic E-state index is 3.52. The maximum Gasteiger partial charge on any atom is 0.0294 e. The van der Waals surface area contributed by atoms with Crippen molar-refractivity contribution >= 4 is 23.5 Å². The van der Waals surface area contributed by atoms with Gasteiger partial charge in [-0.05, 0) is 19.4 Å². The molecule has 1 aliphatic rings. The van der Waals surface area contributed by atoms with Gasteiger partial charge in [-0.1, -0.05) is 20.3 Å². The monoisotopic (exact) mass is 233 g/mol. The first-order chi connectivity index (χ1) is 6.79. The second-order valence-electron chi connectivity index (χ2n) is 4.06. The van der Waals surface area contributed by atoms with Gasteiger partial charge in [0.25, 0.3) is 0 Å². The Morgan fingerprint density at radius 2 is 2.21 bits per heavy atom. The summed E-state index contributed by atoms with van der Waals surface area (Å²) in [5.74, 6) is 4.84. The summed E-state index contributed by atoms with van der Waals surface area (Å²) >= 11 is 4.29. The maximum absolute atomic E-state index is 3.52. The number of nitrogens with one attached hydrogen (secondary N) is 1. The lowest BCUT2D eigenvalue weighted by molar-refractivity contribution is 0.373. The first kappa shape index (κ1) is 12.7. The van der Waals surface area contributed by atoms with Gasteiger partial charge in [0, 0.05) is 28.6 Å². The fourth-order valence-corrected chi connectivity index (χ4v) is 5.24. The number of hydrogen-bond donors (Lipinski definition) is 1. The molecule has 1 saturated heterocycles. The zero-order chi connectivity index (χ0) is 10.4. The summed E-state index contributed by atoms with van der Waals surface area (Å²) < 4.78 is 0. The van der Waals surface area contributed by atoms with Crippen LogP contribution in [0.1, 0.15) is 26.7 Å². The molecular formula is C11H23NS2. The highest BCUT2D eigenvalue weighted by atomic mass is 32.2. The Kier molecular flexibility index (Phi) is 6.38. The van der Waals surface area contributed by atoms with E-state index in [4.69, 9.17) is 0 Å². The van der Waals surface area contributed by atoms with Crippen molar-refractivity contribution in [3.63, 3.8) is 0 Å². The molecule has 1 aliphatic heterocycles. The minimum atomic E-state index is 0.716. The van der Waals surface area contributed by atoms with Gasteiger partial charge < -0.3 is 5.32 Å². The van der Waals surface area contributed by atoms with Crippen LogP contribution < -0.4 is 5.32 Å². The van der Waals surface area contributed by atoms with Gasteiger partial charge in [-0.2, -0.15) is 23.5 Å². The third-order valence-electron chi connectivity index (χ3n) is 2.93. The number of rotatable bonds is 5. The Balaban J connectivity index is 2.41. The molecule has 1 rings (SSSR count). The van der Waals surface area contributed by atoms with Crippen LogP contribution in [-0.2, 0) is 0 Å². The lowest BCUT2D eigenvalue weighted by atomic mass is 9.95. The lowest BCUT2D eigenvalue weighted by Crippen LogP contribution is -2.43. The summed E-state index contributed by atoms with van der Waals surface area (Å²) in [7, 11) is 2.12. The number of hydrogen-bond acceptors (Lipinski definition) is 3. The fraction of sp³-hybridized carbons (Fsp3) is 1.00. The molecule has 0 aromatic rings. The van der Waals surface area contributed by atoms with Gasteiger partial charge in [0.15, 0.2) is 0 Å². The third-order valence-corrected chi connectivity index (χ3v) is 5.82. The van der Waals surface area contributed by atoms with Crippen LogP contribution in [0.4, 0.5) is 0 Å². The molecular weight excluding hydrogens is 210 g/mol. The van der Waals surface area contributed by atoms with Crippen LogP contribution in [0.25, 0.3) is 0 Å². The van der Waals surface area contributed by atoms with Crippen molar-refractivity contribution in [2.24, 2.45) is 5.92 Å². The van der Waals surface area contributed by atoms with E-state index >= 15 is 0 Å². The minimum absolute atomic E-state index is 0.716. The van der Waals surface area contributed by atoms with Gasteiger partial charge in [-0.3, -0.25) is 0 Å². The summed E-state index contributed by atoms with van der Waals surface area (Å²) in [6, 6.07) is 0.716. The summed E-state index contributed by atoms with van der Waals surface area (Å²) in [6.45, 7) is 4.68. The van der Waals surface area contributed by atoms with Crippen LogP contribution in [-0.4, -0.2) is 35.6 Å². The van der Waals surface area contributed by atoms with Crippen molar-refractivity contribution < 1.29 is 0 Å². The summed E-state index contributed by atoms with van der Waals surface area (Å²) in [6.07, 6.45) is 2.66. The van der Waals surface area contributed by atoms with Crippen molar-refractivity contribution in [1.82, 2.24) is 5.32 Å². The van der Waals surface area contributed by atoms with Crippen LogP contribution in [0.5, 0.6) is 0 Å². The first-order valence-corrected chi connectivity index (χ1v) is 7.86. The molecule has 0 radical (unpaired) electrons. The summed E-state index contributed by atoms with van der Waals surface area (Å²) in [5, 5.41) is 4.36. The molecule has 1 fully saturated rings. The van der Waals surface area contributed by atoms with Crippen molar-refractivity contribution in [3.05, 3.63) is 0 Å². The molecule has 1 N–H and O–H groups in total. The van der Waals surface area contributed by atoms with Gasteiger partial charge in [0.05, 0.1) is 0 Å². The van der Waals surface area contributed by atoms with Crippen molar-refractivity contribution in [2.75, 3.05) is 24.3 Å². The predicted octanol–water partition coefficient (Wildman–Crippen LogP) is 2.86. The Morgan fingerprint density at radius 3 is 2.71 bits per heavy atom. The normalized spacial score (nSPS) is 27.2. The highest BCUT2D eigenvalue weighted by molar-refractivity contribution is 8.06. The van der Waals surface area contributed by atoms with Crippen LogP contribution >= 0.6 is 23.5 Å². The predicted molar refractivity (Wildman–Crippen MR) is 70.5 cm³/mol. The summed E-state index contributed by atoms with van der Waals surface area (Å²) in [4.78, 5) is 0. The molecule has 0 aromatic heterocycles. The topological polar surface area (TPSA) is 12.0 Å². The molecule has 3 atom stereocenters. The van der Waals surface area contributed by atoms with E-state index in [1.165, 1.54) is 30.1 Å². The molecule has 1 nitrogen and oxygen atoms in total. The van der Waals surface area contributed by atoms with E-state index in [0.29, 0.717) is 6.04 Å². The molecule has 84 valence electrons. The molecule has 0 aliphatic carbocycles. The second-order valence-corrected chi connectivity index (χ2v) is 6.56. The third kappa shape index (κ3) is 3.67. The van der Waals surface area contributed by atoms with Crippen molar-refractivity contribution in [3.8, 4) is 0 Å². The molecule has 0 aromatic carbocycles. The van der Waals surface area contributed by atoms with E-state index in [2.05, 4.69) is 49.7 Å². The average molecular weight is 233 g/mol. The van der Waals surface area contributed by atoms with Gasteiger partial charge in [-0.25, -0.2) is 0 Å². The fourth-order valence-electron chi connectivity index (χ4n) is 2.19. The quantitative estimate of drug-likeness (QED) is 0.784. The van der Waals surface area contributed by atoms with Gasteiger partial charge in [0.2, 0.25) is 0 Å². The van der Waals surface area contributed by atoms with Gasteiger partial charge in [0.1, 0.15) is 0 Å². The first-order valence-electron chi connectivity index (χ1n) is 5.66.